The van der Waals surface area contributed by atoms with E-state index in [0.29, 0.717) is 16.8 Å². The lowest BCUT2D eigenvalue weighted by molar-refractivity contribution is -0.148. The van der Waals surface area contributed by atoms with Gasteiger partial charge in [-0.1, -0.05) is 24.3 Å². The summed E-state index contributed by atoms with van der Waals surface area (Å²) in [4.78, 5) is 41.0. The molecule has 4 aromatic rings. The van der Waals surface area contributed by atoms with Gasteiger partial charge in [-0.15, -0.1) is 0 Å². The highest BCUT2D eigenvalue weighted by Gasteiger charge is 2.47. The van der Waals surface area contributed by atoms with Crippen molar-refractivity contribution in [3.05, 3.63) is 117 Å². The Labute approximate surface area is 248 Å². The minimum absolute atomic E-state index is 0.0777. The maximum Gasteiger partial charge on any atom is 0.336 e. The average Bonchev–Trinajstić information content (AvgIpc) is 3.60. The van der Waals surface area contributed by atoms with Gasteiger partial charge in [0.05, 0.1) is 24.6 Å². The highest BCUT2D eigenvalue weighted by Crippen LogP contribution is 2.46. The number of hydrogen-bond acceptors (Lipinski definition) is 7. The molecule has 0 radical (unpaired) electrons. The third-order valence-corrected chi connectivity index (χ3v) is 8.50. The number of benzene rings is 2. The molecule has 44 heavy (non-hydrogen) atoms. The normalized spacial score (nSPS) is 21.8. The maximum atomic E-state index is 15.9. The number of hydrogen-bond donors (Lipinski definition) is 0. The van der Waals surface area contributed by atoms with Crippen LogP contribution in [0.1, 0.15) is 34.6 Å². The van der Waals surface area contributed by atoms with Gasteiger partial charge in [-0.25, -0.2) is 13.6 Å². The van der Waals surface area contributed by atoms with E-state index in [2.05, 4.69) is 0 Å². The Kier molecular flexibility index (Phi) is 5.79. The molecule has 4 aliphatic rings. The summed E-state index contributed by atoms with van der Waals surface area (Å²) >= 11 is 0. The van der Waals surface area contributed by atoms with Crippen molar-refractivity contribution in [1.82, 2.24) is 14.1 Å². The van der Waals surface area contributed by atoms with Gasteiger partial charge < -0.3 is 23.7 Å². The number of halogens is 2. The van der Waals surface area contributed by atoms with Crippen LogP contribution in [0.5, 0.6) is 5.75 Å². The van der Waals surface area contributed by atoms with Gasteiger partial charge >= 0.3 is 5.97 Å². The van der Waals surface area contributed by atoms with Crippen molar-refractivity contribution < 1.29 is 32.6 Å². The van der Waals surface area contributed by atoms with E-state index >= 15 is 4.39 Å². The molecule has 8 rings (SSSR count). The van der Waals surface area contributed by atoms with Crippen molar-refractivity contribution in [3.8, 4) is 22.7 Å². The number of carbonyl (C=O) groups is 2. The lowest BCUT2D eigenvalue weighted by Crippen LogP contribution is -2.66. The van der Waals surface area contributed by atoms with Gasteiger partial charge in [-0.3, -0.25) is 19.3 Å². The third kappa shape index (κ3) is 3.70. The zero-order valence-corrected chi connectivity index (χ0v) is 23.3. The number of fused-ring (bicyclic) bond motifs is 7. The number of carbonyl (C=O) groups excluding carboxylic acids is 2. The third-order valence-electron chi connectivity index (χ3n) is 8.50. The predicted molar refractivity (Wildman–Crippen MR) is 152 cm³/mol. The molecule has 3 atom stereocenters. The summed E-state index contributed by atoms with van der Waals surface area (Å²) in [6.07, 6.45) is 2.78. The molecule has 0 N–H and O–H groups in total. The number of amides is 1. The van der Waals surface area contributed by atoms with Gasteiger partial charge in [-0.2, -0.15) is 0 Å². The quantitative estimate of drug-likeness (QED) is 0.333. The molecular weight excluding hydrogens is 574 g/mol. The lowest BCUT2D eigenvalue weighted by Gasteiger charge is -2.51. The number of ether oxygens (including phenoxy) is 3. The molecule has 6 heterocycles. The van der Waals surface area contributed by atoms with E-state index in [-0.39, 0.29) is 36.8 Å². The van der Waals surface area contributed by atoms with E-state index < -0.39 is 47.4 Å². The van der Waals surface area contributed by atoms with Crippen LogP contribution in [0.3, 0.4) is 0 Å². The highest BCUT2D eigenvalue weighted by molar-refractivity contribution is 5.97. The molecule has 3 unspecified atom stereocenters. The van der Waals surface area contributed by atoms with Crippen LogP contribution in [0.25, 0.3) is 16.9 Å². The van der Waals surface area contributed by atoms with Crippen LogP contribution in [0.2, 0.25) is 0 Å². The number of morpholine rings is 1. The van der Waals surface area contributed by atoms with Crippen LogP contribution in [0.15, 0.2) is 83.4 Å². The van der Waals surface area contributed by atoms with E-state index in [1.807, 2.05) is 33.8 Å². The SMILES string of the molecule is CC1=CC(Oc2c3n(ccc2=O)N(C2c4ccccc4-n4cccc4-c4c2ccc(F)c4F)C2COCCN2C3=O)OC1=O. The maximum absolute atomic E-state index is 15.9. The second-order valence-corrected chi connectivity index (χ2v) is 10.9. The Morgan fingerprint density at radius 2 is 1.80 bits per heavy atom. The lowest BCUT2D eigenvalue weighted by atomic mass is 9.91. The number of esters is 1. The van der Waals surface area contributed by atoms with Gasteiger partial charge in [0.2, 0.25) is 11.2 Å². The van der Waals surface area contributed by atoms with E-state index in [1.54, 1.807) is 36.2 Å². The van der Waals surface area contributed by atoms with Crippen molar-refractivity contribution in [2.45, 2.75) is 25.4 Å². The first-order valence-electron chi connectivity index (χ1n) is 14.1. The van der Waals surface area contributed by atoms with Crippen LogP contribution in [0.4, 0.5) is 8.78 Å². The van der Waals surface area contributed by atoms with Crippen molar-refractivity contribution in [2.24, 2.45) is 0 Å². The zero-order valence-electron chi connectivity index (χ0n) is 23.3. The first kappa shape index (κ1) is 26.4. The second kappa shape index (κ2) is 9.64. The van der Waals surface area contributed by atoms with Gasteiger partial charge in [-0.05, 0) is 36.8 Å². The number of cyclic esters (lactones) is 1. The highest BCUT2D eigenvalue weighted by atomic mass is 19.2. The predicted octanol–water partition coefficient (Wildman–Crippen LogP) is 3.65. The average molecular weight is 599 g/mol. The van der Waals surface area contributed by atoms with Gasteiger partial charge in [0.15, 0.2) is 17.3 Å². The fraction of sp³-hybridized carbons (Fsp3) is 0.219. The number of rotatable bonds is 3. The van der Waals surface area contributed by atoms with Crippen LogP contribution < -0.4 is 15.2 Å². The smallest absolute Gasteiger partial charge is 0.336 e. The van der Waals surface area contributed by atoms with Gasteiger partial charge in [0.25, 0.3) is 12.2 Å². The molecular formula is C32H24F2N4O6. The van der Waals surface area contributed by atoms with Gasteiger partial charge in [0.1, 0.15) is 12.2 Å². The van der Waals surface area contributed by atoms with Crippen LogP contribution in [0, 0.1) is 11.6 Å². The van der Waals surface area contributed by atoms with Crippen molar-refractivity contribution in [2.75, 3.05) is 24.8 Å². The molecule has 0 bridgehead atoms. The van der Waals surface area contributed by atoms with E-state index in [9.17, 15) is 18.8 Å². The van der Waals surface area contributed by atoms with Crippen LogP contribution in [-0.2, 0) is 14.3 Å². The molecule has 222 valence electrons. The number of aromatic nitrogens is 2. The molecule has 0 spiro atoms. The Morgan fingerprint density at radius 3 is 2.61 bits per heavy atom. The fourth-order valence-corrected chi connectivity index (χ4v) is 6.55. The number of pyridine rings is 1. The Balaban J connectivity index is 1.40. The van der Waals surface area contributed by atoms with E-state index in [1.165, 1.54) is 23.0 Å². The minimum atomic E-state index is -1.20. The summed E-state index contributed by atoms with van der Waals surface area (Å²) in [5, 5.41) is 1.84. The van der Waals surface area contributed by atoms with Crippen LogP contribution >= 0.6 is 0 Å². The summed E-state index contributed by atoms with van der Waals surface area (Å²) < 4.78 is 51.1. The summed E-state index contributed by atoms with van der Waals surface area (Å²) in [7, 11) is 0. The Hall–Kier alpha value is -5.23. The van der Waals surface area contributed by atoms with Crippen molar-refractivity contribution >= 4 is 11.9 Å². The molecule has 12 heteroatoms. The number of nitrogens with zero attached hydrogens (tertiary/aromatic N) is 4. The summed E-state index contributed by atoms with van der Waals surface area (Å²) in [5.41, 5.74) is 2.09. The van der Waals surface area contributed by atoms with Crippen LogP contribution in [-0.4, -0.2) is 58.2 Å². The molecule has 0 saturated carbocycles. The molecule has 1 amide bonds. The van der Waals surface area contributed by atoms with E-state index in [0.717, 1.165) is 17.3 Å². The topological polar surface area (TPSA) is 95.2 Å². The van der Waals surface area contributed by atoms with Crippen molar-refractivity contribution in [1.29, 1.82) is 0 Å². The zero-order chi connectivity index (χ0) is 30.3. The molecule has 10 nitrogen and oxygen atoms in total. The molecule has 0 aliphatic carbocycles. The Morgan fingerprint density at radius 1 is 0.955 bits per heavy atom. The minimum Gasteiger partial charge on any atom is -0.444 e. The molecule has 2 aromatic heterocycles. The monoisotopic (exact) mass is 598 g/mol. The molecule has 4 aliphatic heterocycles. The summed E-state index contributed by atoms with van der Waals surface area (Å²) in [6, 6.07) is 14.1. The van der Waals surface area contributed by atoms with Crippen molar-refractivity contribution in [3.63, 3.8) is 0 Å². The summed E-state index contributed by atoms with van der Waals surface area (Å²) in [6.45, 7) is 2.14. The first-order chi connectivity index (χ1) is 21.3. The summed E-state index contributed by atoms with van der Waals surface area (Å²) in [5.74, 6) is -3.36. The molecule has 1 saturated heterocycles. The molecule has 1 fully saturated rings. The number of para-hydroxylation sites is 1. The van der Waals surface area contributed by atoms with Gasteiger partial charge in [0, 0.05) is 47.8 Å². The standard InChI is InChI=1S/C32H24F2N4O6/c1-17-15-25(44-32(17)41)43-30-23(39)10-12-37-29(30)31(40)36-13-14-42-16-24(36)38(37)28-18-5-2-3-6-21(18)35-11-4-7-22(35)26-19(28)8-9-20(33)27(26)34/h2-12,15,24-25,28H,13-14,16H2,1H3. The fourth-order valence-electron chi connectivity index (χ4n) is 6.55. The van der Waals surface area contributed by atoms with E-state index in [4.69, 9.17) is 14.2 Å². The Bertz CT molecular complexity index is 1980. The second-order valence-electron chi connectivity index (χ2n) is 10.9. The molecule has 2 aromatic carbocycles. The first-order valence-corrected chi connectivity index (χ1v) is 14.1. The largest absolute Gasteiger partial charge is 0.444 e.